The molecule has 2 rings (SSSR count). The molecule has 2 aromatic rings. The van der Waals surface area contributed by atoms with E-state index in [0.717, 1.165) is 16.9 Å². The van der Waals surface area contributed by atoms with E-state index in [1.54, 1.807) is 6.26 Å². The Morgan fingerprint density at radius 2 is 2.24 bits per heavy atom. The molecule has 0 spiro atoms. The Bertz CT molecular complexity index is 520. The molecule has 3 nitrogen and oxygen atoms in total. The molecular formula is C13H12ClNO2. The van der Waals surface area contributed by atoms with Crippen LogP contribution in [0, 0.1) is 0 Å². The van der Waals surface area contributed by atoms with Gasteiger partial charge in [0.05, 0.1) is 11.3 Å². The monoisotopic (exact) mass is 249 g/mol. The van der Waals surface area contributed by atoms with Crippen molar-refractivity contribution in [2.75, 3.05) is 0 Å². The van der Waals surface area contributed by atoms with Gasteiger partial charge < -0.3 is 9.73 Å². The molecule has 0 fully saturated rings. The van der Waals surface area contributed by atoms with Gasteiger partial charge in [-0.05, 0) is 29.8 Å². The van der Waals surface area contributed by atoms with Crippen LogP contribution in [0.5, 0.6) is 0 Å². The lowest BCUT2D eigenvalue weighted by molar-refractivity contribution is -0.119. The van der Waals surface area contributed by atoms with Crippen LogP contribution in [-0.4, -0.2) is 5.91 Å². The van der Waals surface area contributed by atoms with Crippen LogP contribution < -0.4 is 5.32 Å². The van der Waals surface area contributed by atoms with Gasteiger partial charge in [-0.1, -0.05) is 17.7 Å². The molecule has 0 atom stereocenters. The average Bonchev–Trinajstić information content (AvgIpc) is 2.79. The number of hydrogen-bond acceptors (Lipinski definition) is 2. The summed E-state index contributed by atoms with van der Waals surface area (Å²) in [7, 11) is 0. The summed E-state index contributed by atoms with van der Waals surface area (Å²) in [6, 6.07) is 9.30. The summed E-state index contributed by atoms with van der Waals surface area (Å²) in [4.78, 5) is 10.8. The molecule has 4 heteroatoms. The molecule has 0 bridgehead atoms. The molecule has 0 aliphatic rings. The van der Waals surface area contributed by atoms with Crippen molar-refractivity contribution < 1.29 is 9.21 Å². The van der Waals surface area contributed by atoms with Gasteiger partial charge in [-0.2, -0.15) is 0 Å². The summed E-state index contributed by atoms with van der Waals surface area (Å²) in [5, 5.41) is 3.34. The highest BCUT2D eigenvalue weighted by atomic mass is 35.5. The van der Waals surface area contributed by atoms with Crippen LogP contribution in [0.2, 0.25) is 5.02 Å². The van der Waals surface area contributed by atoms with E-state index in [9.17, 15) is 4.79 Å². The molecule has 0 saturated carbocycles. The number of hydrogen-bond donors (Lipinski definition) is 1. The Morgan fingerprint density at radius 3 is 2.82 bits per heavy atom. The number of carbonyl (C=O) groups is 1. The Balaban J connectivity index is 2.20. The van der Waals surface area contributed by atoms with E-state index in [-0.39, 0.29) is 5.91 Å². The molecule has 0 unspecified atom stereocenters. The SMILES string of the molecule is CC(=O)NCc1ccc(-c2ccco2)c(Cl)c1. The molecule has 1 aromatic heterocycles. The molecule has 1 N–H and O–H groups in total. The van der Waals surface area contributed by atoms with Crippen molar-refractivity contribution in [2.45, 2.75) is 13.5 Å². The van der Waals surface area contributed by atoms with Crippen LogP contribution in [-0.2, 0) is 11.3 Å². The second kappa shape index (κ2) is 5.06. The fraction of sp³-hybridized carbons (Fsp3) is 0.154. The first-order chi connectivity index (χ1) is 8.16. The Hall–Kier alpha value is -1.74. The molecule has 1 heterocycles. The fourth-order valence-electron chi connectivity index (χ4n) is 1.53. The predicted molar refractivity (Wildman–Crippen MR) is 66.7 cm³/mol. The predicted octanol–water partition coefficient (Wildman–Crippen LogP) is 3.24. The van der Waals surface area contributed by atoms with E-state index >= 15 is 0 Å². The van der Waals surface area contributed by atoms with Crippen LogP contribution in [0.15, 0.2) is 41.0 Å². The van der Waals surface area contributed by atoms with Crippen LogP contribution in [0.25, 0.3) is 11.3 Å². The van der Waals surface area contributed by atoms with Crippen molar-refractivity contribution in [3.8, 4) is 11.3 Å². The van der Waals surface area contributed by atoms with E-state index in [2.05, 4.69) is 5.32 Å². The zero-order chi connectivity index (χ0) is 12.3. The van der Waals surface area contributed by atoms with Gasteiger partial charge in [-0.3, -0.25) is 4.79 Å². The maximum atomic E-state index is 10.8. The normalized spacial score (nSPS) is 10.2. The lowest BCUT2D eigenvalue weighted by Crippen LogP contribution is -2.18. The van der Waals surface area contributed by atoms with Crippen LogP contribution >= 0.6 is 11.6 Å². The first kappa shape index (κ1) is 11.7. The summed E-state index contributed by atoms with van der Waals surface area (Å²) in [6.45, 7) is 1.96. The first-order valence-corrected chi connectivity index (χ1v) is 5.61. The summed E-state index contributed by atoms with van der Waals surface area (Å²) < 4.78 is 5.28. The van der Waals surface area contributed by atoms with Gasteiger partial charge >= 0.3 is 0 Å². The van der Waals surface area contributed by atoms with Crippen LogP contribution in [0.4, 0.5) is 0 Å². The molecule has 1 amide bonds. The van der Waals surface area contributed by atoms with Crippen LogP contribution in [0.1, 0.15) is 12.5 Å². The van der Waals surface area contributed by atoms with Gasteiger partial charge in [0.25, 0.3) is 0 Å². The summed E-state index contributed by atoms with van der Waals surface area (Å²) >= 11 is 6.16. The highest BCUT2D eigenvalue weighted by Gasteiger charge is 2.06. The summed E-state index contributed by atoms with van der Waals surface area (Å²) in [6.07, 6.45) is 1.61. The molecule has 0 saturated heterocycles. The fourth-order valence-corrected chi connectivity index (χ4v) is 1.82. The molecule has 0 aliphatic heterocycles. The van der Waals surface area contributed by atoms with Gasteiger partial charge in [-0.25, -0.2) is 0 Å². The van der Waals surface area contributed by atoms with E-state index in [0.29, 0.717) is 11.6 Å². The second-order valence-electron chi connectivity index (χ2n) is 3.70. The maximum absolute atomic E-state index is 10.8. The number of rotatable bonds is 3. The maximum Gasteiger partial charge on any atom is 0.217 e. The molecule has 17 heavy (non-hydrogen) atoms. The zero-order valence-electron chi connectivity index (χ0n) is 9.37. The third-order valence-electron chi connectivity index (χ3n) is 2.36. The molecule has 1 aromatic carbocycles. The van der Waals surface area contributed by atoms with Crippen molar-refractivity contribution in [1.82, 2.24) is 5.32 Å². The quantitative estimate of drug-likeness (QED) is 0.907. The number of benzene rings is 1. The number of halogens is 1. The van der Waals surface area contributed by atoms with Crippen molar-refractivity contribution in [2.24, 2.45) is 0 Å². The minimum absolute atomic E-state index is 0.0590. The Morgan fingerprint density at radius 1 is 1.41 bits per heavy atom. The topological polar surface area (TPSA) is 42.2 Å². The smallest absolute Gasteiger partial charge is 0.217 e. The van der Waals surface area contributed by atoms with Crippen molar-refractivity contribution >= 4 is 17.5 Å². The third-order valence-corrected chi connectivity index (χ3v) is 2.67. The Kier molecular flexibility index (Phi) is 3.49. The molecule has 0 aliphatic carbocycles. The molecule has 0 radical (unpaired) electrons. The van der Waals surface area contributed by atoms with E-state index in [4.69, 9.17) is 16.0 Å². The second-order valence-corrected chi connectivity index (χ2v) is 4.11. The number of nitrogens with one attached hydrogen (secondary N) is 1. The first-order valence-electron chi connectivity index (χ1n) is 5.23. The molecule has 88 valence electrons. The summed E-state index contributed by atoms with van der Waals surface area (Å²) in [5.41, 5.74) is 1.81. The van der Waals surface area contributed by atoms with E-state index in [1.807, 2.05) is 30.3 Å². The number of amides is 1. The highest BCUT2D eigenvalue weighted by Crippen LogP contribution is 2.28. The lowest BCUT2D eigenvalue weighted by Gasteiger charge is -2.06. The van der Waals surface area contributed by atoms with Crippen molar-refractivity contribution in [3.63, 3.8) is 0 Å². The highest BCUT2D eigenvalue weighted by molar-refractivity contribution is 6.33. The Labute approximate surface area is 104 Å². The number of furan rings is 1. The minimum atomic E-state index is -0.0590. The van der Waals surface area contributed by atoms with E-state index < -0.39 is 0 Å². The van der Waals surface area contributed by atoms with Crippen molar-refractivity contribution in [1.29, 1.82) is 0 Å². The lowest BCUT2D eigenvalue weighted by atomic mass is 10.1. The minimum Gasteiger partial charge on any atom is -0.464 e. The largest absolute Gasteiger partial charge is 0.464 e. The van der Waals surface area contributed by atoms with Gasteiger partial charge in [0, 0.05) is 19.0 Å². The van der Waals surface area contributed by atoms with Gasteiger partial charge in [-0.15, -0.1) is 0 Å². The van der Waals surface area contributed by atoms with E-state index in [1.165, 1.54) is 6.92 Å². The standard InChI is InChI=1S/C13H12ClNO2/c1-9(16)15-8-10-4-5-11(12(14)7-10)13-3-2-6-17-13/h2-7H,8H2,1H3,(H,15,16). The van der Waals surface area contributed by atoms with Gasteiger partial charge in [0.2, 0.25) is 5.91 Å². The van der Waals surface area contributed by atoms with Crippen LogP contribution in [0.3, 0.4) is 0 Å². The summed E-state index contributed by atoms with van der Waals surface area (Å²) in [5.74, 6) is 0.678. The van der Waals surface area contributed by atoms with Gasteiger partial charge in [0.15, 0.2) is 0 Å². The van der Waals surface area contributed by atoms with Gasteiger partial charge in [0.1, 0.15) is 5.76 Å². The number of carbonyl (C=O) groups excluding carboxylic acids is 1. The molecular weight excluding hydrogens is 238 g/mol. The van der Waals surface area contributed by atoms with Crippen molar-refractivity contribution in [3.05, 3.63) is 47.2 Å². The average molecular weight is 250 g/mol. The third kappa shape index (κ3) is 2.88. The zero-order valence-corrected chi connectivity index (χ0v) is 10.1.